The molecule has 1 heterocycles. The minimum Gasteiger partial charge on any atom is -0.491 e. The van der Waals surface area contributed by atoms with Gasteiger partial charge in [0.25, 0.3) is 0 Å². The molecule has 1 aromatic rings. The van der Waals surface area contributed by atoms with Crippen molar-refractivity contribution >= 4 is 0 Å². The molecule has 1 aliphatic rings. The van der Waals surface area contributed by atoms with Crippen molar-refractivity contribution < 1.29 is 9.47 Å². The van der Waals surface area contributed by atoms with Gasteiger partial charge in [-0.05, 0) is 37.8 Å². The normalized spacial score (nSPS) is 24.6. The van der Waals surface area contributed by atoms with Crippen LogP contribution >= 0.6 is 0 Å². The van der Waals surface area contributed by atoms with Gasteiger partial charge in [0.05, 0.1) is 12.2 Å². The number of para-hydroxylation sites is 1. The van der Waals surface area contributed by atoms with Crippen molar-refractivity contribution in [1.29, 1.82) is 0 Å². The molecule has 0 saturated carbocycles. The molecule has 0 N–H and O–H groups in total. The maximum Gasteiger partial charge on any atom is 0.122 e. The number of ether oxygens (including phenoxy) is 2. The second-order valence-corrected chi connectivity index (χ2v) is 4.42. The van der Waals surface area contributed by atoms with Gasteiger partial charge in [0, 0.05) is 0 Å². The lowest BCUT2D eigenvalue weighted by atomic mass is 10.1. The number of rotatable bonds is 4. The highest BCUT2D eigenvalue weighted by Crippen LogP contribution is 2.22. The maximum absolute atomic E-state index is 5.84. The van der Waals surface area contributed by atoms with Crippen molar-refractivity contribution in [2.45, 2.75) is 45.3 Å². The molecule has 0 aliphatic carbocycles. The predicted molar refractivity (Wildman–Crippen MR) is 64.9 cm³/mol. The summed E-state index contributed by atoms with van der Waals surface area (Å²) in [5.41, 5.74) is 1.27. The molecule has 1 aromatic carbocycles. The number of benzene rings is 1. The fraction of sp³-hybridized carbons (Fsp3) is 0.571. The largest absolute Gasteiger partial charge is 0.491 e. The molecule has 2 rings (SSSR count). The van der Waals surface area contributed by atoms with Gasteiger partial charge in [-0.1, -0.05) is 25.1 Å². The molecule has 16 heavy (non-hydrogen) atoms. The van der Waals surface area contributed by atoms with E-state index in [4.69, 9.17) is 9.47 Å². The molecule has 0 aromatic heterocycles. The number of hydrogen-bond acceptors (Lipinski definition) is 2. The van der Waals surface area contributed by atoms with Crippen LogP contribution in [0.25, 0.3) is 0 Å². The molecule has 0 bridgehead atoms. The average Bonchev–Trinajstić information content (AvgIpc) is 2.73. The minimum atomic E-state index is 0.278. The smallest absolute Gasteiger partial charge is 0.122 e. The molecule has 1 fully saturated rings. The van der Waals surface area contributed by atoms with E-state index in [-0.39, 0.29) is 6.10 Å². The van der Waals surface area contributed by atoms with Crippen LogP contribution in [0.4, 0.5) is 0 Å². The molecule has 1 saturated heterocycles. The first kappa shape index (κ1) is 11.5. The molecular formula is C14H20O2. The second-order valence-electron chi connectivity index (χ2n) is 4.42. The topological polar surface area (TPSA) is 18.5 Å². The zero-order valence-corrected chi connectivity index (χ0v) is 10.1. The highest BCUT2D eigenvalue weighted by Gasteiger charge is 2.22. The second kappa shape index (κ2) is 5.35. The summed E-state index contributed by atoms with van der Waals surface area (Å²) in [6.45, 7) is 4.96. The summed E-state index contributed by atoms with van der Waals surface area (Å²) in [5, 5.41) is 0. The summed E-state index contributed by atoms with van der Waals surface area (Å²) in [5.74, 6) is 1.01. The number of hydrogen-bond donors (Lipinski definition) is 0. The Labute approximate surface area is 97.6 Å². The Morgan fingerprint density at radius 3 is 2.81 bits per heavy atom. The van der Waals surface area contributed by atoms with Crippen LogP contribution in [-0.2, 0) is 11.2 Å². The van der Waals surface area contributed by atoms with Crippen LogP contribution in [0.5, 0.6) is 5.75 Å². The summed E-state index contributed by atoms with van der Waals surface area (Å²) >= 11 is 0. The zero-order valence-electron chi connectivity index (χ0n) is 10.1. The van der Waals surface area contributed by atoms with E-state index in [9.17, 15) is 0 Å². The van der Waals surface area contributed by atoms with E-state index in [2.05, 4.69) is 26.0 Å². The lowest BCUT2D eigenvalue weighted by Gasteiger charge is -2.14. The van der Waals surface area contributed by atoms with Gasteiger partial charge < -0.3 is 9.47 Å². The third kappa shape index (κ3) is 2.76. The van der Waals surface area contributed by atoms with Gasteiger partial charge in [-0.2, -0.15) is 0 Å². The van der Waals surface area contributed by atoms with Gasteiger partial charge in [-0.15, -0.1) is 0 Å². The Hall–Kier alpha value is -1.02. The molecule has 88 valence electrons. The fourth-order valence-electron chi connectivity index (χ4n) is 2.13. The van der Waals surface area contributed by atoms with Gasteiger partial charge >= 0.3 is 0 Å². The van der Waals surface area contributed by atoms with Crippen molar-refractivity contribution in [2.75, 3.05) is 6.61 Å². The van der Waals surface area contributed by atoms with Crippen LogP contribution in [0.1, 0.15) is 32.3 Å². The molecule has 1 aliphatic heterocycles. The SMILES string of the molecule is CCc1ccccc1OCC1CCC(C)O1. The van der Waals surface area contributed by atoms with E-state index >= 15 is 0 Å². The summed E-state index contributed by atoms with van der Waals surface area (Å²) in [6, 6.07) is 8.23. The van der Waals surface area contributed by atoms with Crippen LogP contribution in [0.2, 0.25) is 0 Å². The van der Waals surface area contributed by atoms with Crippen LogP contribution in [0.15, 0.2) is 24.3 Å². The van der Waals surface area contributed by atoms with Crippen molar-refractivity contribution in [1.82, 2.24) is 0 Å². The van der Waals surface area contributed by atoms with Crippen LogP contribution < -0.4 is 4.74 Å². The van der Waals surface area contributed by atoms with Gasteiger partial charge in [0.1, 0.15) is 12.4 Å². The Morgan fingerprint density at radius 2 is 2.12 bits per heavy atom. The predicted octanol–water partition coefficient (Wildman–Crippen LogP) is 3.20. The third-order valence-electron chi connectivity index (χ3n) is 3.10. The first-order valence-corrected chi connectivity index (χ1v) is 6.15. The van der Waals surface area contributed by atoms with Crippen molar-refractivity contribution in [2.24, 2.45) is 0 Å². The Bertz CT molecular complexity index is 335. The van der Waals surface area contributed by atoms with Crippen LogP contribution in [0, 0.1) is 0 Å². The summed E-state index contributed by atoms with van der Waals surface area (Å²) in [6.07, 6.45) is 3.96. The average molecular weight is 220 g/mol. The lowest BCUT2D eigenvalue weighted by molar-refractivity contribution is 0.0263. The van der Waals surface area contributed by atoms with Gasteiger partial charge in [-0.3, -0.25) is 0 Å². The maximum atomic E-state index is 5.84. The quantitative estimate of drug-likeness (QED) is 0.775. The standard InChI is InChI=1S/C14H20O2/c1-3-12-6-4-5-7-14(12)15-10-13-9-8-11(2)16-13/h4-7,11,13H,3,8-10H2,1-2H3. The third-order valence-corrected chi connectivity index (χ3v) is 3.10. The Kier molecular flexibility index (Phi) is 3.83. The monoisotopic (exact) mass is 220 g/mol. The highest BCUT2D eigenvalue weighted by molar-refractivity contribution is 5.33. The lowest BCUT2D eigenvalue weighted by Crippen LogP contribution is -2.18. The van der Waals surface area contributed by atoms with E-state index < -0.39 is 0 Å². The molecule has 2 unspecified atom stereocenters. The van der Waals surface area contributed by atoms with Gasteiger partial charge in [-0.25, -0.2) is 0 Å². The summed E-state index contributed by atoms with van der Waals surface area (Å²) < 4.78 is 11.6. The summed E-state index contributed by atoms with van der Waals surface area (Å²) in [4.78, 5) is 0. The van der Waals surface area contributed by atoms with Crippen molar-refractivity contribution in [3.8, 4) is 5.75 Å². The van der Waals surface area contributed by atoms with Gasteiger partial charge in [0.2, 0.25) is 0 Å². The Balaban J connectivity index is 1.89. The first-order valence-electron chi connectivity index (χ1n) is 6.15. The summed E-state index contributed by atoms with van der Waals surface area (Å²) in [7, 11) is 0. The molecule has 2 atom stereocenters. The molecular weight excluding hydrogens is 200 g/mol. The molecule has 2 heteroatoms. The molecule has 0 spiro atoms. The molecule has 0 amide bonds. The van der Waals surface area contributed by atoms with E-state index in [1.165, 1.54) is 5.56 Å². The van der Waals surface area contributed by atoms with E-state index in [0.717, 1.165) is 25.0 Å². The van der Waals surface area contributed by atoms with E-state index in [0.29, 0.717) is 12.7 Å². The fourth-order valence-corrected chi connectivity index (χ4v) is 2.13. The molecule has 2 nitrogen and oxygen atoms in total. The van der Waals surface area contributed by atoms with Crippen LogP contribution in [0.3, 0.4) is 0 Å². The van der Waals surface area contributed by atoms with E-state index in [1.807, 2.05) is 12.1 Å². The number of aryl methyl sites for hydroxylation is 1. The van der Waals surface area contributed by atoms with Gasteiger partial charge in [0.15, 0.2) is 0 Å². The van der Waals surface area contributed by atoms with E-state index in [1.54, 1.807) is 0 Å². The zero-order chi connectivity index (χ0) is 11.4. The highest BCUT2D eigenvalue weighted by atomic mass is 16.5. The first-order chi connectivity index (χ1) is 7.79. The van der Waals surface area contributed by atoms with Crippen molar-refractivity contribution in [3.63, 3.8) is 0 Å². The minimum absolute atomic E-state index is 0.278. The molecule has 0 radical (unpaired) electrons. The van der Waals surface area contributed by atoms with Crippen molar-refractivity contribution in [3.05, 3.63) is 29.8 Å². The Morgan fingerprint density at radius 1 is 1.31 bits per heavy atom. The van der Waals surface area contributed by atoms with Crippen LogP contribution in [-0.4, -0.2) is 18.8 Å².